The number of aryl methyl sites for hydroxylation is 1. The maximum atomic E-state index is 12.0. The first-order valence-corrected chi connectivity index (χ1v) is 6.97. The van der Waals surface area contributed by atoms with Crippen molar-refractivity contribution in [1.82, 2.24) is 5.32 Å². The second kappa shape index (κ2) is 6.99. The van der Waals surface area contributed by atoms with Crippen molar-refractivity contribution < 1.29 is 9.53 Å². The van der Waals surface area contributed by atoms with E-state index in [2.05, 4.69) is 5.32 Å². The van der Waals surface area contributed by atoms with Crippen LogP contribution in [0.1, 0.15) is 15.9 Å². The number of nitrogens with one attached hydrogen (secondary N) is 1. The Hall–Kier alpha value is -2.20. The van der Waals surface area contributed by atoms with Crippen LogP contribution < -0.4 is 15.8 Å². The number of hydrogen-bond acceptors (Lipinski definition) is 3. The van der Waals surface area contributed by atoms with E-state index < -0.39 is 0 Å². The fourth-order valence-corrected chi connectivity index (χ4v) is 1.94. The number of halogens is 1. The number of amides is 1. The lowest BCUT2D eigenvalue weighted by Crippen LogP contribution is -2.28. The normalized spacial score (nSPS) is 10.2. The van der Waals surface area contributed by atoms with Gasteiger partial charge in [-0.2, -0.15) is 0 Å². The monoisotopic (exact) mass is 304 g/mol. The number of benzene rings is 2. The van der Waals surface area contributed by atoms with E-state index in [1.807, 2.05) is 19.1 Å². The van der Waals surface area contributed by atoms with E-state index in [0.29, 0.717) is 35.2 Å². The molecule has 2 rings (SSSR count). The molecule has 0 unspecified atom stereocenters. The van der Waals surface area contributed by atoms with Gasteiger partial charge in [0.15, 0.2) is 0 Å². The van der Waals surface area contributed by atoms with E-state index in [1.54, 1.807) is 30.3 Å². The maximum absolute atomic E-state index is 12.0. The Kier molecular flexibility index (Phi) is 5.06. The lowest BCUT2D eigenvalue weighted by atomic mass is 10.1. The second-order valence-corrected chi connectivity index (χ2v) is 5.01. The highest BCUT2D eigenvalue weighted by Crippen LogP contribution is 2.19. The summed E-state index contributed by atoms with van der Waals surface area (Å²) in [6.45, 7) is 2.61. The minimum Gasteiger partial charge on any atom is -0.490 e. The van der Waals surface area contributed by atoms with E-state index >= 15 is 0 Å². The molecule has 0 aliphatic rings. The molecular weight excluding hydrogens is 288 g/mol. The third kappa shape index (κ3) is 4.13. The first-order valence-electron chi connectivity index (χ1n) is 6.59. The number of rotatable bonds is 5. The van der Waals surface area contributed by atoms with Crippen LogP contribution in [0.2, 0.25) is 5.02 Å². The zero-order valence-electron chi connectivity index (χ0n) is 11.7. The molecule has 2 aromatic rings. The maximum Gasteiger partial charge on any atom is 0.251 e. The fraction of sp³-hybridized carbons (Fsp3) is 0.188. The number of hydrogen-bond donors (Lipinski definition) is 2. The fourth-order valence-electron chi connectivity index (χ4n) is 1.83. The molecule has 0 fully saturated rings. The molecule has 3 N–H and O–H groups in total. The third-order valence-electron chi connectivity index (χ3n) is 2.98. The number of ether oxygens (including phenoxy) is 1. The van der Waals surface area contributed by atoms with Crippen LogP contribution in [0.3, 0.4) is 0 Å². The molecule has 2 aromatic carbocycles. The highest BCUT2D eigenvalue weighted by molar-refractivity contribution is 6.31. The van der Waals surface area contributed by atoms with Gasteiger partial charge < -0.3 is 15.8 Å². The first kappa shape index (κ1) is 15.2. The molecular formula is C16H17ClN2O2. The van der Waals surface area contributed by atoms with E-state index in [9.17, 15) is 4.79 Å². The predicted octanol–water partition coefficient (Wildman–Crippen LogP) is 3.04. The minimum atomic E-state index is -0.153. The number of nitrogen functional groups attached to an aromatic ring is 1. The van der Waals surface area contributed by atoms with E-state index in [1.165, 1.54) is 0 Å². The van der Waals surface area contributed by atoms with Gasteiger partial charge in [-0.15, -0.1) is 0 Å². The lowest BCUT2D eigenvalue weighted by Gasteiger charge is -2.10. The SMILES string of the molecule is Cc1cc(C(=O)NCCOc2ccccc2N)ccc1Cl. The Morgan fingerprint density at radius 2 is 2.05 bits per heavy atom. The number of anilines is 1. The Labute approximate surface area is 128 Å². The molecule has 0 aliphatic carbocycles. The summed E-state index contributed by atoms with van der Waals surface area (Å²) in [6, 6.07) is 12.4. The molecule has 4 nitrogen and oxygen atoms in total. The van der Waals surface area contributed by atoms with Crippen molar-refractivity contribution in [2.75, 3.05) is 18.9 Å². The number of para-hydroxylation sites is 2. The van der Waals surface area contributed by atoms with Crippen molar-refractivity contribution in [3.8, 4) is 5.75 Å². The van der Waals surface area contributed by atoms with Gasteiger partial charge in [-0.25, -0.2) is 0 Å². The minimum absolute atomic E-state index is 0.153. The molecule has 5 heteroatoms. The summed E-state index contributed by atoms with van der Waals surface area (Å²) in [5.74, 6) is 0.466. The van der Waals surface area contributed by atoms with Crippen LogP contribution in [0.5, 0.6) is 5.75 Å². The highest BCUT2D eigenvalue weighted by atomic mass is 35.5. The zero-order valence-corrected chi connectivity index (χ0v) is 12.5. The highest BCUT2D eigenvalue weighted by Gasteiger charge is 2.06. The molecule has 110 valence electrons. The van der Waals surface area contributed by atoms with Gasteiger partial charge in [-0.3, -0.25) is 4.79 Å². The topological polar surface area (TPSA) is 64.3 Å². The van der Waals surface area contributed by atoms with E-state index in [0.717, 1.165) is 5.56 Å². The number of nitrogens with two attached hydrogens (primary N) is 1. The van der Waals surface area contributed by atoms with Crippen LogP contribution in [-0.4, -0.2) is 19.1 Å². The zero-order chi connectivity index (χ0) is 15.2. The van der Waals surface area contributed by atoms with Crippen LogP contribution in [0, 0.1) is 6.92 Å². The smallest absolute Gasteiger partial charge is 0.251 e. The Morgan fingerprint density at radius 1 is 1.29 bits per heavy atom. The Bertz CT molecular complexity index is 644. The van der Waals surface area contributed by atoms with Gasteiger partial charge in [0.05, 0.1) is 12.2 Å². The van der Waals surface area contributed by atoms with Crippen molar-refractivity contribution in [3.05, 3.63) is 58.6 Å². The average Bonchev–Trinajstić information content (AvgIpc) is 2.48. The van der Waals surface area contributed by atoms with Gasteiger partial charge in [0, 0.05) is 10.6 Å². The van der Waals surface area contributed by atoms with Gasteiger partial charge in [0.1, 0.15) is 12.4 Å². The summed E-state index contributed by atoms with van der Waals surface area (Å²) < 4.78 is 5.51. The summed E-state index contributed by atoms with van der Waals surface area (Å²) in [7, 11) is 0. The molecule has 0 radical (unpaired) electrons. The summed E-state index contributed by atoms with van der Waals surface area (Å²) in [5, 5.41) is 3.44. The van der Waals surface area contributed by atoms with Crippen LogP contribution in [0.25, 0.3) is 0 Å². The lowest BCUT2D eigenvalue weighted by molar-refractivity contribution is 0.0947. The summed E-state index contributed by atoms with van der Waals surface area (Å²) in [6.07, 6.45) is 0. The Balaban J connectivity index is 1.82. The third-order valence-corrected chi connectivity index (χ3v) is 3.41. The molecule has 0 heterocycles. The van der Waals surface area contributed by atoms with Gasteiger partial charge in [0.25, 0.3) is 5.91 Å². The van der Waals surface area contributed by atoms with Crippen molar-refractivity contribution >= 4 is 23.2 Å². The standard InChI is InChI=1S/C16H17ClN2O2/c1-11-10-12(6-7-13(11)17)16(20)19-8-9-21-15-5-3-2-4-14(15)18/h2-7,10H,8-9,18H2,1H3,(H,19,20). The molecule has 0 spiro atoms. The van der Waals surface area contributed by atoms with Crippen LogP contribution in [0.4, 0.5) is 5.69 Å². The molecule has 21 heavy (non-hydrogen) atoms. The number of carbonyl (C=O) groups is 1. The van der Waals surface area contributed by atoms with E-state index in [-0.39, 0.29) is 5.91 Å². The molecule has 0 aromatic heterocycles. The van der Waals surface area contributed by atoms with Gasteiger partial charge in [-0.1, -0.05) is 23.7 Å². The quantitative estimate of drug-likeness (QED) is 0.659. The predicted molar refractivity (Wildman–Crippen MR) is 84.9 cm³/mol. The van der Waals surface area contributed by atoms with Crippen LogP contribution >= 0.6 is 11.6 Å². The summed E-state index contributed by atoms with van der Waals surface area (Å²) in [4.78, 5) is 12.0. The van der Waals surface area contributed by atoms with Crippen LogP contribution in [0.15, 0.2) is 42.5 Å². The number of carbonyl (C=O) groups excluding carboxylic acids is 1. The molecule has 1 amide bonds. The van der Waals surface area contributed by atoms with E-state index in [4.69, 9.17) is 22.1 Å². The van der Waals surface area contributed by atoms with Gasteiger partial charge >= 0.3 is 0 Å². The molecule has 0 bridgehead atoms. The van der Waals surface area contributed by atoms with Crippen molar-refractivity contribution in [1.29, 1.82) is 0 Å². The Morgan fingerprint density at radius 3 is 2.76 bits per heavy atom. The molecule has 0 atom stereocenters. The summed E-state index contributed by atoms with van der Waals surface area (Å²) in [5.41, 5.74) is 7.79. The molecule has 0 aliphatic heterocycles. The largest absolute Gasteiger partial charge is 0.490 e. The molecule has 0 saturated carbocycles. The van der Waals surface area contributed by atoms with Crippen molar-refractivity contribution in [2.45, 2.75) is 6.92 Å². The summed E-state index contributed by atoms with van der Waals surface area (Å²) >= 11 is 5.93. The van der Waals surface area contributed by atoms with Crippen LogP contribution in [-0.2, 0) is 0 Å². The van der Waals surface area contributed by atoms with Gasteiger partial charge in [-0.05, 0) is 42.8 Å². The van der Waals surface area contributed by atoms with Gasteiger partial charge in [0.2, 0.25) is 0 Å². The molecule has 0 saturated heterocycles. The van der Waals surface area contributed by atoms with Crippen molar-refractivity contribution in [2.24, 2.45) is 0 Å². The van der Waals surface area contributed by atoms with Crippen molar-refractivity contribution in [3.63, 3.8) is 0 Å². The second-order valence-electron chi connectivity index (χ2n) is 4.61. The average molecular weight is 305 g/mol. The first-order chi connectivity index (χ1) is 10.1.